The molecule has 0 aromatic carbocycles. The molecule has 1 heterocycles. The first-order chi connectivity index (χ1) is 7.76. The summed E-state index contributed by atoms with van der Waals surface area (Å²) in [6.07, 6.45) is -6.97. The standard InChI is InChI=1S/C8H17O8P/c1-15-7-6(10)5(9)4(16-8(7)11)2-3-17(12,13)14/h4-11H,2-3H2,1H3,(H2,12,13,14)/t4-,5-,6+,7+,8?/m1/s1. The van der Waals surface area contributed by atoms with E-state index in [-0.39, 0.29) is 6.42 Å². The molecule has 1 aliphatic rings. The van der Waals surface area contributed by atoms with Crippen LogP contribution in [0.25, 0.3) is 0 Å². The fraction of sp³-hybridized carbons (Fsp3) is 1.00. The van der Waals surface area contributed by atoms with Crippen LogP contribution in [-0.2, 0) is 14.0 Å². The highest BCUT2D eigenvalue weighted by Gasteiger charge is 2.44. The number of aliphatic hydroxyl groups is 3. The first-order valence-corrected chi connectivity index (χ1v) is 6.83. The van der Waals surface area contributed by atoms with Gasteiger partial charge in [-0.15, -0.1) is 0 Å². The maximum Gasteiger partial charge on any atom is 0.325 e. The zero-order valence-electron chi connectivity index (χ0n) is 9.21. The molecule has 1 aliphatic heterocycles. The summed E-state index contributed by atoms with van der Waals surface area (Å²) in [6.45, 7) is 0. The van der Waals surface area contributed by atoms with E-state index in [1.54, 1.807) is 0 Å². The molecule has 0 aromatic rings. The molecule has 0 bridgehead atoms. The van der Waals surface area contributed by atoms with Crippen molar-refractivity contribution >= 4 is 7.60 Å². The lowest BCUT2D eigenvalue weighted by molar-refractivity contribution is -0.287. The molecule has 9 heteroatoms. The molecule has 0 aliphatic carbocycles. The van der Waals surface area contributed by atoms with Crippen LogP contribution < -0.4 is 0 Å². The Hall–Kier alpha value is -0.0500. The van der Waals surface area contributed by atoms with Crippen molar-refractivity contribution in [3.05, 3.63) is 0 Å². The molecule has 1 saturated heterocycles. The highest BCUT2D eigenvalue weighted by atomic mass is 31.2. The van der Waals surface area contributed by atoms with Gasteiger partial charge in [0, 0.05) is 7.11 Å². The van der Waals surface area contributed by atoms with Gasteiger partial charge in [0.1, 0.15) is 18.3 Å². The molecule has 102 valence electrons. The minimum Gasteiger partial charge on any atom is -0.388 e. The van der Waals surface area contributed by atoms with Crippen molar-refractivity contribution in [3.63, 3.8) is 0 Å². The highest BCUT2D eigenvalue weighted by Crippen LogP contribution is 2.37. The van der Waals surface area contributed by atoms with Crippen LogP contribution >= 0.6 is 7.60 Å². The summed E-state index contributed by atoms with van der Waals surface area (Å²) in [5, 5.41) is 28.7. The quantitative estimate of drug-likeness (QED) is 0.371. The minimum atomic E-state index is -4.21. The van der Waals surface area contributed by atoms with Gasteiger partial charge in [-0.2, -0.15) is 0 Å². The van der Waals surface area contributed by atoms with Crippen LogP contribution in [0.15, 0.2) is 0 Å². The van der Waals surface area contributed by atoms with Crippen LogP contribution in [-0.4, -0.2) is 69.1 Å². The second kappa shape index (κ2) is 5.73. The summed E-state index contributed by atoms with van der Waals surface area (Å²) < 4.78 is 20.4. The molecule has 0 saturated carbocycles. The van der Waals surface area contributed by atoms with Crippen LogP contribution in [0.1, 0.15) is 6.42 Å². The maximum atomic E-state index is 10.7. The molecule has 1 unspecified atom stereocenters. The zero-order valence-corrected chi connectivity index (χ0v) is 10.1. The van der Waals surface area contributed by atoms with Crippen molar-refractivity contribution in [3.8, 4) is 0 Å². The van der Waals surface area contributed by atoms with E-state index >= 15 is 0 Å². The second-order valence-electron chi connectivity index (χ2n) is 3.92. The second-order valence-corrected chi connectivity index (χ2v) is 5.70. The molecule has 0 amide bonds. The number of ether oxygens (including phenoxy) is 2. The van der Waals surface area contributed by atoms with Gasteiger partial charge in [-0.25, -0.2) is 0 Å². The summed E-state index contributed by atoms with van der Waals surface area (Å²) >= 11 is 0. The fourth-order valence-corrected chi connectivity index (χ4v) is 2.30. The molecule has 17 heavy (non-hydrogen) atoms. The van der Waals surface area contributed by atoms with Crippen LogP contribution in [0.4, 0.5) is 0 Å². The van der Waals surface area contributed by atoms with Crippen molar-refractivity contribution in [2.24, 2.45) is 0 Å². The van der Waals surface area contributed by atoms with Crippen LogP contribution in [0.2, 0.25) is 0 Å². The summed E-state index contributed by atoms with van der Waals surface area (Å²) in [5.74, 6) is 0. The summed E-state index contributed by atoms with van der Waals surface area (Å²) in [5.41, 5.74) is 0. The lowest BCUT2D eigenvalue weighted by Crippen LogP contribution is -2.58. The lowest BCUT2D eigenvalue weighted by Gasteiger charge is -2.39. The largest absolute Gasteiger partial charge is 0.388 e. The molecule has 0 radical (unpaired) electrons. The van der Waals surface area contributed by atoms with E-state index in [0.29, 0.717) is 0 Å². The number of hydrogen-bond acceptors (Lipinski definition) is 6. The molecule has 0 aromatic heterocycles. The first kappa shape index (κ1) is 15.0. The Morgan fingerprint density at radius 3 is 2.29 bits per heavy atom. The molecule has 1 fully saturated rings. The van der Waals surface area contributed by atoms with Gasteiger partial charge >= 0.3 is 7.60 Å². The topological polar surface area (TPSA) is 137 Å². The van der Waals surface area contributed by atoms with Crippen molar-refractivity contribution in [2.45, 2.75) is 37.1 Å². The Kier molecular flexibility index (Phi) is 5.06. The van der Waals surface area contributed by atoms with Gasteiger partial charge in [-0.1, -0.05) is 0 Å². The summed E-state index contributed by atoms with van der Waals surface area (Å²) in [6, 6.07) is 0. The van der Waals surface area contributed by atoms with E-state index in [1.165, 1.54) is 7.11 Å². The number of aliphatic hydroxyl groups excluding tert-OH is 3. The minimum absolute atomic E-state index is 0.171. The van der Waals surface area contributed by atoms with Gasteiger partial charge in [-0.3, -0.25) is 4.57 Å². The van der Waals surface area contributed by atoms with E-state index in [0.717, 1.165) is 0 Å². The molecule has 8 nitrogen and oxygen atoms in total. The summed E-state index contributed by atoms with van der Waals surface area (Å²) in [7, 11) is -2.97. The number of rotatable bonds is 4. The predicted octanol–water partition coefficient (Wildman–Crippen LogP) is -1.99. The maximum absolute atomic E-state index is 10.7. The van der Waals surface area contributed by atoms with Crippen LogP contribution in [0.5, 0.6) is 0 Å². The highest BCUT2D eigenvalue weighted by molar-refractivity contribution is 7.51. The van der Waals surface area contributed by atoms with Gasteiger partial charge in [-0.05, 0) is 6.42 Å². The van der Waals surface area contributed by atoms with Crippen molar-refractivity contribution in [1.82, 2.24) is 0 Å². The fourth-order valence-electron chi connectivity index (χ4n) is 1.71. The molecule has 5 atom stereocenters. The van der Waals surface area contributed by atoms with Crippen LogP contribution in [0, 0.1) is 0 Å². The van der Waals surface area contributed by atoms with E-state index < -0.39 is 44.5 Å². The third-order valence-electron chi connectivity index (χ3n) is 2.64. The Morgan fingerprint density at radius 1 is 1.24 bits per heavy atom. The molecule has 0 spiro atoms. The smallest absolute Gasteiger partial charge is 0.325 e. The Labute approximate surface area is 97.9 Å². The Balaban J connectivity index is 2.61. The van der Waals surface area contributed by atoms with Crippen LogP contribution in [0.3, 0.4) is 0 Å². The molecular formula is C8H17O8P. The van der Waals surface area contributed by atoms with E-state index in [1.807, 2.05) is 0 Å². The van der Waals surface area contributed by atoms with Crippen molar-refractivity contribution in [2.75, 3.05) is 13.3 Å². The van der Waals surface area contributed by atoms with Gasteiger partial charge in [0.15, 0.2) is 6.29 Å². The van der Waals surface area contributed by atoms with Crippen molar-refractivity contribution < 1.29 is 39.1 Å². The van der Waals surface area contributed by atoms with Gasteiger partial charge in [0.2, 0.25) is 0 Å². The van der Waals surface area contributed by atoms with E-state index in [9.17, 15) is 19.9 Å². The van der Waals surface area contributed by atoms with Gasteiger partial charge < -0.3 is 34.6 Å². The Bertz CT molecular complexity index is 291. The molecular weight excluding hydrogens is 255 g/mol. The van der Waals surface area contributed by atoms with Gasteiger partial charge in [0.25, 0.3) is 0 Å². The summed E-state index contributed by atoms with van der Waals surface area (Å²) in [4.78, 5) is 17.4. The average Bonchev–Trinajstić information content (AvgIpc) is 2.21. The number of hydrogen-bond donors (Lipinski definition) is 5. The predicted molar refractivity (Wildman–Crippen MR) is 55.2 cm³/mol. The monoisotopic (exact) mass is 272 g/mol. The SMILES string of the molecule is CO[C@@H]1C(O)O[C@H](CCP(=O)(O)O)[C@@H](O)[C@@H]1O. The average molecular weight is 272 g/mol. The molecule has 5 N–H and O–H groups in total. The van der Waals surface area contributed by atoms with Crippen molar-refractivity contribution in [1.29, 1.82) is 0 Å². The molecule has 1 rings (SSSR count). The Morgan fingerprint density at radius 2 is 1.82 bits per heavy atom. The number of methoxy groups -OCH3 is 1. The van der Waals surface area contributed by atoms with Gasteiger partial charge in [0.05, 0.1) is 12.3 Å². The zero-order chi connectivity index (χ0) is 13.2. The third-order valence-corrected chi connectivity index (χ3v) is 3.48. The lowest BCUT2D eigenvalue weighted by atomic mass is 9.97. The first-order valence-electron chi connectivity index (χ1n) is 5.03. The third kappa shape index (κ3) is 3.97. The normalized spacial score (nSPS) is 39.3. The van der Waals surface area contributed by atoms with E-state index in [4.69, 9.17) is 19.3 Å². The van der Waals surface area contributed by atoms with E-state index in [2.05, 4.69) is 0 Å².